The second-order valence-electron chi connectivity index (χ2n) is 10.3. The predicted octanol–water partition coefficient (Wildman–Crippen LogP) is 3.40. The molecule has 0 aliphatic heterocycles. The highest BCUT2D eigenvalue weighted by molar-refractivity contribution is 6.32. The first-order valence-electron chi connectivity index (χ1n) is 9.97. The van der Waals surface area contributed by atoms with Gasteiger partial charge in [0, 0.05) is 5.92 Å². The largest absolute Gasteiger partial charge is 0.510 e. The number of carbonyl (C=O) groups is 3. The lowest BCUT2D eigenvalue weighted by molar-refractivity contribution is -0.144. The molecule has 2 saturated carbocycles. The van der Waals surface area contributed by atoms with Crippen molar-refractivity contribution >= 4 is 17.3 Å². The van der Waals surface area contributed by atoms with Gasteiger partial charge >= 0.3 is 0 Å². The molecular weight excluding hydrogens is 344 g/mol. The van der Waals surface area contributed by atoms with E-state index in [1.54, 1.807) is 27.7 Å². The van der Waals surface area contributed by atoms with Crippen molar-refractivity contribution in [2.75, 3.05) is 0 Å². The van der Waals surface area contributed by atoms with Crippen LogP contribution in [0.15, 0.2) is 11.3 Å². The van der Waals surface area contributed by atoms with Crippen molar-refractivity contribution in [3.05, 3.63) is 11.3 Å². The van der Waals surface area contributed by atoms with Gasteiger partial charge in [-0.25, -0.2) is 0 Å². The molecule has 0 aromatic rings. The highest BCUT2D eigenvalue weighted by atomic mass is 16.3. The summed E-state index contributed by atoms with van der Waals surface area (Å²) in [6.07, 6.45) is 1.12. The molecule has 0 unspecified atom stereocenters. The summed E-state index contributed by atoms with van der Waals surface area (Å²) in [6.45, 7) is 12.7. The zero-order chi connectivity index (χ0) is 20.7. The molecule has 0 amide bonds. The van der Waals surface area contributed by atoms with Crippen molar-refractivity contribution in [2.24, 2.45) is 34.0 Å². The van der Waals surface area contributed by atoms with Gasteiger partial charge in [0.15, 0.2) is 17.3 Å². The Hall–Kier alpha value is -1.49. The Kier molecular flexibility index (Phi) is 4.14. The topological polar surface area (TPSA) is 91.7 Å². The summed E-state index contributed by atoms with van der Waals surface area (Å²) in [4.78, 5) is 40.1. The fourth-order valence-corrected chi connectivity index (χ4v) is 6.27. The lowest BCUT2D eigenvalue weighted by atomic mass is 9.64. The smallest absolute Gasteiger partial charge is 0.183 e. The summed E-state index contributed by atoms with van der Waals surface area (Å²) in [5.74, 6) is -2.46. The van der Waals surface area contributed by atoms with Gasteiger partial charge in [-0.05, 0) is 57.3 Å². The first-order valence-corrected chi connectivity index (χ1v) is 9.97. The summed E-state index contributed by atoms with van der Waals surface area (Å²) in [5.41, 5.74) is -4.20. The first-order chi connectivity index (χ1) is 12.2. The molecule has 2 fully saturated rings. The van der Waals surface area contributed by atoms with Crippen molar-refractivity contribution in [3.8, 4) is 0 Å². The number of rotatable bonds is 4. The minimum atomic E-state index is -1.31. The molecule has 5 heteroatoms. The monoisotopic (exact) mass is 376 g/mol. The number of ketones is 3. The number of aliphatic hydroxyl groups excluding tert-OH is 1. The molecular formula is C22H32O5. The Balaban J connectivity index is 2.23. The molecule has 5 nitrogen and oxygen atoms in total. The molecule has 2 bridgehead atoms. The van der Waals surface area contributed by atoms with Crippen LogP contribution in [0.5, 0.6) is 0 Å². The average molecular weight is 376 g/mol. The van der Waals surface area contributed by atoms with E-state index >= 15 is 0 Å². The van der Waals surface area contributed by atoms with Gasteiger partial charge in [0.1, 0.15) is 11.3 Å². The van der Waals surface area contributed by atoms with Crippen LogP contribution in [0.4, 0.5) is 0 Å². The number of fused-ring (bicyclic) bond motifs is 1. The van der Waals surface area contributed by atoms with Gasteiger partial charge < -0.3 is 10.2 Å². The Labute approximate surface area is 161 Å². The summed E-state index contributed by atoms with van der Waals surface area (Å²) in [5, 5.41) is 21.6. The first kappa shape index (κ1) is 20.2. The van der Waals surface area contributed by atoms with Crippen molar-refractivity contribution in [1.29, 1.82) is 0 Å². The van der Waals surface area contributed by atoms with Gasteiger partial charge in [0.2, 0.25) is 0 Å². The second kappa shape index (κ2) is 5.53. The molecule has 5 atom stereocenters. The van der Waals surface area contributed by atoms with Crippen molar-refractivity contribution in [2.45, 2.75) is 73.3 Å². The number of allylic oxidation sites excluding steroid dienone is 2. The highest BCUT2D eigenvalue weighted by Crippen LogP contribution is 2.72. The Morgan fingerprint density at radius 1 is 1.22 bits per heavy atom. The fraction of sp³-hybridized carbons (Fsp3) is 0.773. The Morgan fingerprint density at radius 2 is 1.78 bits per heavy atom. The average Bonchev–Trinajstić information content (AvgIpc) is 2.91. The van der Waals surface area contributed by atoms with Crippen molar-refractivity contribution in [1.82, 2.24) is 0 Å². The van der Waals surface area contributed by atoms with E-state index in [-0.39, 0.29) is 41.2 Å². The minimum absolute atomic E-state index is 0.166. The maximum atomic E-state index is 13.6. The predicted molar refractivity (Wildman–Crippen MR) is 101 cm³/mol. The van der Waals surface area contributed by atoms with Crippen LogP contribution in [0.1, 0.15) is 67.7 Å². The number of carbonyl (C=O) groups excluding carboxylic acids is 3. The maximum absolute atomic E-state index is 13.6. The maximum Gasteiger partial charge on any atom is 0.183 e. The SMILES string of the molecule is CC[C@@H](C)C(=O)C1=C(O)[C@]2(C)C[C@H]3C(C)(C)[C@@H](C(C)(C)O)C[C@@]3(C1=O)C2=O. The quantitative estimate of drug-likeness (QED) is 0.580. The molecule has 27 heavy (non-hydrogen) atoms. The van der Waals surface area contributed by atoms with Crippen LogP contribution >= 0.6 is 0 Å². The highest BCUT2D eigenvalue weighted by Gasteiger charge is 2.77. The zero-order valence-electron chi connectivity index (χ0n) is 17.5. The fourth-order valence-electron chi connectivity index (χ4n) is 6.27. The van der Waals surface area contributed by atoms with Crippen LogP contribution in [0.2, 0.25) is 0 Å². The van der Waals surface area contributed by atoms with Crippen LogP contribution in [0.3, 0.4) is 0 Å². The molecule has 3 aliphatic rings. The van der Waals surface area contributed by atoms with Gasteiger partial charge in [-0.2, -0.15) is 0 Å². The van der Waals surface area contributed by atoms with E-state index in [0.717, 1.165) is 0 Å². The van der Waals surface area contributed by atoms with E-state index in [0.29, 0.717) is 12.8 Å². The van der Waals surface area contributed by atoms with Gasteiger partial charge in [0.25, 0.3) is 0 Å². The zero-order valence-corrected chi connectivity index (χ0v) is 17.5. The molecule has 0 radical (unpaired) electrons. The van der Waals surface area contributed by atoms with Crippen LogP contribution in [0.25, 0.3) is 0 Å². The summed E-state index contributed by atoms with van der Waals surface area (Å²) < 4.78 is 0. The van der Waals surface area contributed by atoms with Crippen molar-refractivity contribution < 1.29 is 24.6 Å². The van der Waals surface area contributed by atoms with Gasteiger partial charge in [-0.15, -0.1) is 0 Å². The second-order valence-corrected chi connectivity index (χ2v) is 10.3. The van der Waals surface area contributed by atoms with E-state index in [9.17, 15) is 24.6 Å². The van der Waals surface area contributed by atoms with Gasteiger partial charge in [-0.3, -0.25) is 14.4 Å². The Morgan fingerprint density at radius 3 is 2.26 bits per heavy atom. The van der Waals surface area contributed by atoms with E-state index in [1.807, 2.05) is 20.8 Å². The molecule has 1 spiro atoms. The number of aliphatic hydroxyl groups is 2. The molecule has 3 aliphatic carbocycles. The lowest BCUT2D eigenvalue weighted by Gasteiger charge is -2.40. The third kappa shape index (κ3) is 2.24. The molecule has 0 saturated heterocycles. The standard InChI is InChI=1S/C22H32O5/c1-8-11(2)15(23)14-16(24)21(7)9-13-19(3,4)12(20(5,6)27)10-22(13,17(14)25)18(21)26/h11-13,24,27H,8-10H2,1-7H3/t11-,12+,13+,21+,22-/m1/s1. The minimum Gasteiger partial charge on any atom is -0.510 e. The summed E-state index contributed by atoms with van der Waals surface area (Å²) >= 11 is 0. The van der Waals surface area contributed by atoms with Gasteiger partial charge in [0.05, 0.1) is 16.4 Å². The summed E-state index contributed by atoms with van der Waals surface area (Å²) in [7, 11) is 0. The normalized spacial score (nSPS) is 39.0. The van der Waals surface area contributed by atoms with E-state index in [1.165, 1.54) is 0 Å². The lowest BCUT2D eigenvalue weighted by Crippen LogP contribution is -2.50. The van der Waals surface area contributed by atoms with Gasteiger partial charge in [-0.1, -0.05) is 27.7 Å². The number of Topliss-reactive ketones (excluding diaryl/α,β-unsaturated/α-hetero) is 3. The molecule has 0 heterocycles. The van der Waals surface area contributed by atoms with E-state index in [2.05, 4.69) is 0 Å². The number of hydrogen-bond acceptors (Lipinski definition) is 5. The number of hydrogen-bond donors (Lipinski definition) is 2. The van der Waals surface area contributed by atoms with E-state index in [4.69, 9.17) is 0 Å². The third-order valence-electron chi connectivity index (χ3n) is 7.99. The Bertz CT molecular complexity index is 768. The van der Waals surface area contributed by atoms with Crippen molar-refractivity contribution in [3.63, 3.8) is 0 Å². The van der Waals surface area contributed by atoms with Crippen LogP contribution in [-0.4, -0.2) is 33.2 Å². The molecule has 2 N–H and O–H groups in total. The molecule has 150 valence electrons. The molecule has 0 aromatic carbocycles. The molecule has 0 aromatic heterocycles. The van der Waals surface area contributed by atoms with Crippen LogP contribution in [0, 0.1) is 34.0 Å². The van der Waals surface area contributed by atoms with Crippen LogP contribution in [-0.2, 0) is 14.4 Å². The van der Waals surface area contributed by atoms with E-state index < -0.39 is 33.5 Å². The van der Waals surface area contributed by atoms with Crippen LogP contribution < -0.4 is 0 Å². The summed E-state index contributed by atoms with van der Waals surface area (Å²) in [6, 6.07) is 0. The third-order valence-corrected chi connectivity index (χ3v) is 7.99. The molecule has 3 rings (SSSR count).